The highest BCUT2D eigenvalue weighted by Gasteiger charge is 2.40. The number of hydroxylamine groups is 2. The van der Waals surface area contributed by atoms with E-state index < -0.39 is 12.0 Å². The Hall–Kier alpha value is -2.26. The average molecular weight is 421 g/mol. The Kier molecular flexibility index (Phi) is 7.02. The molecule has 2 N–H and O–H groups in total. The molecule has 1 saturated heterocycles. The van der Waals surface area contributed by atoms with Crippen LogP contribution in [0, 0.1) is 18.8 Å². The maximum absolute atomic E-state index is 13.3. The monoisotopic (exact) mass is 420 g/mol. The van der Waals surface area contributed by atoms with Gasteiger partial charge < -0.3 is 10.2 Å². The molecule has 0 spiro atoms. The van der Waals surface area contributed by atoms with Gasteiger partial charge in [-0.05, 0) is 25.7 Å². The van der Waals surface area contributed by atoms with Gasteiger partial charge in [0.2, 0.25) is 18.2 Å². The first-order valence-corrected chi connectivity index (χ1v) is 10.8. The second-order valence-corrected chi connectivity index (χ2v) is 9.25. The Bertz CT molecular complexity index is 774. The third kappa shape index (κ3) is 5.42. The fraction of sp³-hybridized carbons (Fsp3) is 0.600. The van der Waals surface area contributed by atoms with E-state index >= 15 is 0 Å². The number of aromatic nitrogens is 1. The molecule has 0 unspecified atom stereocenters. The summed E-state index contributed by atoms with van der Waals surface area (Å²) in [6.45, 7) is 6.11. The molecule has 2 atom stereocenters. The standard InChI is InChI=1S/C20H28N4O4S/c1-13-7-17(18(26)22-20-21-9-14(2)29-20)24(10-13)19(27)16(11-23(28)12-25)8-15-5-3-4-6-15/h9,12,15-17,28H,1,3-8,10-11H2,2H3,(H,21,22,26)/t16-,17+/m1/s1. The highest BCUT2D eigenvalue weighted by atomic mass is 32.1. The van der Waals surface area contributed by atoms with Gasteiger partial charge >= 0.3 is 0 Å². The Morgan fingerprint density at radius 2 is 2.21 bits per heavy atom. The van der Waals surface area contributed by atoms with Crippen LogP contribution in [0.5, 0.6) is 0 Å². The molecular formula is C20H28N4O4S. The van der Waals surface area contributed by atoms with Gasteiger partial charge in [0.25, 0.3) is 0 Å². The molecule has 1 saturated carbocycles. The number of hydrogen-bond acceptors (Lipinski definition) is 6. The van der Waals surface area contributed by atoms with Gasteiger partial charge in [0.1, 0.15) is 6.04 Å². The molecule has 2 aliphatic rings. The number of carbonyl (C=O) groups is 3. The molecule has 2 heterocycles. The normalized spacial score (nSPS) is 20.7. The van der Waals surface area contributed by atoms with Gasteiger partial charge in [-0.25, -0.2) is 10.0 Å². The molecule has 9 heteroatoms. The van der Waals surface area contributed by atoms with Crippen molar-refractivity contribution >= 4 is 34.7 Å². The zero-order valence-corrected chi connectivity index (χ0v) is 17.5. The van der Waals surface area contributed by atoms with Crippen LogP contribution in [-0.4, -0.2) is 57.5 Å². The molecule has 1 aliphatic heterocycles. The Morgan fingerprint density at radius 1 is 1.48 bits per heavy atom. The molecule has 3 rings (SSSR count). The van der Waals surface area contributed by atoms with Crippen LogP contribution in [0.15, 0.2) is 18.3 Å². The van der Waals surface area contributed by atoms with Gasteiger partial charge in [0.15, 0.2) is 5.13 Å². The van der Waals surface area contributed by atoms with E-state index in [2.05, 4.69) is 16.9 Å². The van der Waals surface area contributed by atoms with E-state index in [1.165, 1.54) is 16.2 Å². The number of nitrogens with one attached hydrogen (secondary N) is 1. The number of anilines is 1. The summed E-state index contributed by atoms with van der Waals surface area (Å²) in [7, 11) is 0. The fourth-order valence-corrected chi connectivity index (χ4v) is 4.94. The third-order valence-electron chi connectivity index (χ3n) is 5.66. The average Bonchev–Trinajstić information content (AvgIpc) is 3.42. The van der Waals surface area contributed by atoms with Crippen molar-refractivity contribution in [2.24, 2.45) is 11.8 Å². The smallest absolute Gasteiger partial charge is 0.249 e. The van der Waals surface area contributed by atoms with Gasteiger partial charge in [0, 0.05) is 17.6 Å². The summed E-state index contributed by atoms with van der Waals surface area (Å²) in [6.07, 6.45) is 7.38. The number of hydrogen-bond donors (Lipinski definition) is 2. The molecule has 3 amide bonds. The van der Waals surface area contributed by atoms with Crippen LogP contribution in [-0.2, 0) is 14.4 Å². The lowest BCUT2D eigenvalue weighted by molar-refractivity contribution is -0.158. The van der Waals surface area contributed by atoms with Crippen molar-refractivity contribution < 1.29 is 19.6 Å². The van der Waals surface area contributed by atoms with Crippen LogP contribution < -0.4 is 5.32 Å². The molecule has 1 aromatic rings. The van der Waals surface area contributed by atoms with Crippen LogP contribution >= 0.6 is 11.3 Å². The van der Waals surface area contributed by atoms with E-state index in [4.69, 9.17) is 0 Å². The van der Waals surface area contributed by atoms with Crippen LogP contribution in [0.4, 0.5) is 5.13 Å². The lowest BCUT2D eigenvalue weighted by Gasteiger charge is -2.30. The summed E-state index contributed by atoms with van der Waals surface area (Å²) in [6, 6.07) is -0.659. The SMILES string of the molecule is C=C1C[C@@H](C(=O)Nc2ncc(C)s2)N(C(=O)[C@H](CC2CCCC2)CN(O)C=O)C1. The molecule has 158 valence electrons. The van der Waals surface area contributed by atoms with Gasteiger partial charge in [0.05, 0.1) is 12.5 Å². The lowest BCUT2D eigenvalue weighted by Crippen LogP contribution is -2.47. The number of carbonyl (C=O) groups excluding carboxylic acids is 3. The van der Waals surface area contributed by atoms with E-state index in [0.29, 0.717) is 41.9 Å². The zero-order valence-electron chi connectivity index (χ0n) is 16.7. The molecule has 29 heavy (non-hydrogen) atoms. The van der Waals surface area contributed by atoms with E-state index in [1.54, 1.807) is 6.20 Å². The minimum atomic E-state index is -0.659. The second kappa shape index (κ2) is 9.49. The number of likely N-dealkylation sites (tertiary alicyclic amines) is 1. The summed E-state index contributed by atoms with van der Waals surface area (Å²) < 4.78 is 0. The van der Waals surface area contributed by atoms with Crippen molar-refractivity contribution in [2.45, 2.75) is 51.5 Å². The van der Waals surface area contributed by atoms with Crippen molar-refractivity contribution in [2.75, 3.05) is 18.4 Å². The van der Waals surface area contributed by atoms with Crippen molar-refractivity contribution in [3.63, 3.8) is 0 Å². The minimum Gasteiger partial charge on any atom is -0.326 e. The number of rotatable bonds is 8. The van der Waals surface area contributed by atoms with Gasteiger partial charge in [-0.15, -0.1) is 11.3 Å². The maximum atomic E-state index is 13.3. The lowest BCUT2D eigenvalue weighted by atomic mass is 9.91. The zero-order chi connectivity index (χ0) is 21.0. The Balaban J connectivity index is 1.73. The summed E-state index contributed by atoms with van der Waals surface area (Å²) in [5.74, 6) is -0.647. The van der Waals surface area contributed by atoms with Crippen LogP contribution in [0.2, 0.25) is 0 Å². The quantitative estimate of drug-likeness (QED) is 0.291. The van der Waals surface area contributed by atoms with Crippen molar-refractivity contribution in [3.8, 4) is 0 Å². The van der Waals surface area contributed by atoms with Gasteiger partial charge in [-0.1, -0.05) is 37.8 Å². The summed E-state index contributed by atoms with van der Waals surface area (Å²) in [5, 5.41) is 13.5. The summed E-state index contributed by atoms with van der Waals surface area (Å²) in [4.78, 5) is 43.8. The van der Waals surface area contributed by atoms with Crippen molar-refractivity contribution in [1.82, 2.24) is 14.9 Å². The van der Waals surface area contributed by atoms with Gasteiger partial charge in [-0.2, -0.15) is 0 Å². The summed E-state index contributed by atoms with van der Waals surface area (Å²) in [5.41, 5.74) is 0.810. The molecule has 8 nitrogen and oxygen atoms in total. The van der Waals surface area contributed by atoms with Crippen LogP contribution in [0.25, 0.3) is 0 Å². The molecular weight excluding hydrogens is 392 g/mol. The molecule has 0 radical (unpaired) electrons. The van der Waals surface area contributed by atoms with E-state index in [9.17, 15) is 19.6 Å². The number of nitrogens with zero attached hydrogens (tertiary/aromatic N) is 3. The highest BCUT2D eigenvalue weighted by molar-refractivity contribution is 7.15. The number of thiazole rings is 1. The highest BCUT2D eigenvalue weighted by Crippen LogP contribution is 2.33. The molecule has 0 bridgehead atoms. The topological polar surface area (TPSA) is 103 Å². The third-order valence-corrected chi connectivity index (χ3v) is 6.49. The van der Waals surface area contributed by atoms with Crippen molar-refractivity contribution in [1.29, 1.82) is 0 Å². The van der Waals surface area contributed by atoms with Crippen LogP contribution in [0.1, 0.15) is 43.4 Å². The van der Waals surface area contributed by atoms with Crippen molar-refractivity contribution in [3.05, 3.63) is 23.2 Å². The van der Waals surface area contributed by atoms with Gasteiger partial charge in [-0.3, -0.25) is 19.6 Å². The predicted molar refractivity (Wildman–Crippen MR) is 109 cm³/mol. The Labute approximate surface area is 174 Å². The molecule has 1 aromatic heterocycles. The minimum absolute atomic E-state index is 0.0676. The fourth-order valence-electron chi connectivity index (χ4n) is 4.27. The second-order valence-electron chi connectivity index (χ2n) is 8.01. The maximum Gasteiger partial charge on any atom is 0.249 e. The number of aryl methyl sites for hydroxylation is 1. The van der Waals surface area contributed by atoms with Crippen LogP contribution in [0.3, 0.4) is 0 Å². The molecule has 2 fully saturated rings. The predicted octanol–water partition coefficient (Wildman–Crippen LogP) is 2.59. The first-order valence-electron chi connectivity index (χ1n) is 9.98. The summed E-state index contributed by atoms with van der Waals surface area (Å²) >= 11 is 1.38. The van der Waals surface area contributed by atoms with E-state index in [-0.39, 0.29) is 18.4 Å². The number of amides is 3. The molecule has 0 aromatic carbocycles. The van der Waals surface area contributed by atoms with E-state index in [1.807, 2.05) is 6.92 Å². The Morgan fingerprint density at radius 3 is 2.83 bits per heavy atom. The largest absolute Gasteiger partial charge is 0.326 e. The van der Waals surface area contributed by atoms with E-state index in [0.717, 1.165) is 36.1 Å². The first-order chi connectivity index (χ1) is 13.9. The first kappa shape index (κ1) is 21.4. The molecule has 1 aliphatic carbocycles.